The SMILES string of the molecule is CCCC1(F)CCN(C(=O)OCc2oc(=O)oc2C)C(C(=O)N[C@@H]([C@H]2O[C@H](SC)[C@H](O)[C@@H](O)[C@H]2O)[C@H](C)Cl)C1. The van der Waals surface area contributed by atoms with Crippen LogP contribution in [0.15, 0.2) is 13.6 Å². The number of carbonyl (C=O) groups is 2. The maximum Gasteiger partial charge on any atom is 0.519 e. The standard InChI is InChI=1S/C24H36ClFN2O10S/c1-5-6-24(26)7-8-28(22(33)35-10-14-12(3)36-23(34)37-14)13(9-24)20(32)27-15(11(2)25)19-17(30)16(29)18(31)21(38-19)39-4/h11,13,15-19,21,29-31H,5-10H2,1-4H3,(H,27,32)/t11-,13?,15+,16-,17+,18+,19+,21+,24?/m0/s1. The summed E-state index contributed by atoms with van der Waals surface area (Å²) in [6.07, 6.45) is -4.65. The number of alkyl halides is 2. The molecule has 222 valence electrons. The lowest BCUT2D eigenvalue weighted by Crippen LogP contribution is -2.66. The van der Waals surface area contributed by atoms with Gasteiger partial charge in [-0.2, -0.15) is 0 Å². The first-order chi connectivity index (χ1) is 18.3. The van der Waals surface area contributed by atoms with Crippen molar-refractivity contribution in [3.8, 4) is 0 Å². The van der Waals surface area contributed by atoms with E-state index in [1.807, 2.05) is 6.92 Å². The Labute approximate surface area is 234 Å². The van der Waals surface area contributed by atoms with Crippen LogP contribution in [0.1, 0.15) is 51.1 Å². The molecule has 3 heterocycles. The van der Waals surface area contributed by atoms with Crippen LogP contribution in [0.4, 0.5) is 9.18 Å². The molecule has 2 aliphatic rings. The fraction of sp³-hybridized carbons (Fsp3) is 0.792. The van der Waals surface area contributed by atoms with Crippen molar-refractivity contribution in [1.29, 1.82) is 0 Å². The van der Waals surface area contributed by atoms with E-state index in [1.54, 1.807) is 13.2 Å². The van der Waals surface area contributed by atoms with Crippen molar-refractivity contribution in [2.75, 3.05) is 12.8 Å². The van der Waals surface area contributed by atoms with Gasteiger partial charge in [0.25, 0.3) is 0 Å². The Morgan fingerprint density at radius 2 is 1.97 bits per heavy atom. The van der Waals surface area contributed by atoms with Crippen LogP contribution in [0.25, 0.3) is 0 Å². The molecule has 0 radical (unpaired) electrons. The quantitative estimate of drug-likeness (QED) is 0.303. The monoisotopic (exact) mass is 598 g/mol. The first kappa shape index (κ1) is 31.7. The lowest BCUT2D eigenvalue weighted by Gasteiger charge is -2.45. The largest absolute Gasteiger partial charge is 0.519 e. The number of aryl methyl sites for hydroxylation is 1. The van der Waals surface area contributed by atoms with Crippen molar-refractivity contribution < 1.29 is 47.6 Å². The van der Waals surface area contributed by atoms with E-state index < -0.39 is 77.4 Å². The first-order valence-corrected chi connectivity index (χ1v) is 14.4. The number of halogens is 2. The summed E-state index contributed by atoms with van der Waals surface area (Å²) in [5, 5.41) is 33.0. The number of piperidine rings is 1. The van der Waals surface area contributed by atoms with Crippen molar-refractivity contribution in [3.63, 3.8) is 0 Å². The molecule has 1 aromatic heterocycles. The molecule has 12 nitrogen and oxygen atoms in total. The third-order valence-electron chi connectivity index (χ3n) is 7.13. The van der Waals surface area contributed by atoms with Gasteiger partial charge in [-0.3, -0.25) is 9.69 Å². The van der Waals surface area contributed by atoms with Gasteiger partial charge in [0.1, 0.15) is 41.6 Å². The number of aliphatic hydroxyl groups excluding tert-OH is 3. The average Bonchev–Trinajstić information content (AvgIpc) is 3.21. The predicted octanol–water partition coefficient (Wildman–Crippen LogP) is 1.43. The summed E-state index contributed by atoms with van der Waals surface area (Å²) in [6, 6.07) is -2.38. The van der Waals surface area contributed by atoms with Gasteiger partial charge >= 0.3 is 11.9 Å². The van der Waals surface area contributed by atoms with Crippen LogP contribution in [0.2, 0.25) is 0 Å². The number of thioether (sulfide) groups is 1. The summed E-state index contributed by atoms with van der Waals surface area (Å²) in [5.41, 5.74) is -2.62. The number of likely N-dealkylation sites (tertiary alicyclic amines) is 1. The van der Waals surface area contributed by atoms with Gasteiger partial charge in [-0.05, 0) is 32.9 Å². The van der Waals surface area contributed by atoms with Crippen molar-refractivity contribution in [1.82, 2.24) is 10.2 Å². The Morgan fingerprint density at radius 3 is 2.54 bits per heavy atom. The van der Waals surface area contributed by atoms with Crippen LogP contribution in [0.3, 0.4) is 0 Å². The number of carbonyl (C=O) groups excluding carboxylic acids is 2. The maximum atomic E-state index is 15.7. The van der Waals surface area contributed by atoms with Crippen molar-refractivity contribution >= 4 is 35.4 Å². The molecule has 39 heavy (non-hydrogen) atoms. The topological polar surface area (TPSA) is 172 Å². The molecule has 2 amide bonds. The maximum absolute atomic E-state index is 15.7. The molecular formula is C24H36ClFN2O10S. The minimum atomic E-state index is -1.71. The van der Waals surface area contributed by atoms with Gasteiger partial charge in [0.05, 0.1) is 11.4 Å². The normalized spacial score (nSPS) is 32.9. The number of hydrogen-bond donors (Lipinski definition) is 4. The van der Waals surface area contributed by atoms with Gasteiger partial charge in [0.15, 0.2) is 18.1 Å². The fourth-order valence-corrected chi connectivity index (χ4v) is 5.85. The molecule has 0 bridgehead atoms. The Morgan fingerprint density at radius 1 is 1.28 bits per heavy atom. The number of hydrogen-bond acceptors (Lipinski definition) is 11. The number of nitrogens with one attached hydrogen (secondary N) is 1. The molecule has 4 N–H and O–H groups in total. The predicted molar refractivity (Wildman–Crippen MR) is 138 cm³/mol. The fourth-order valence-electron chi connectivity index (χ4n) is 4.96. The molecule has 1 aromatic rings. The first-order valence-electron chi connectivity index (χ1n) is 12.7. The highest BCUT2D eigenvalue weighted by Crippen LogP contribution is 2.36. The third-order valence-corrected chi connectivity index (χ3v) is 8.26. The van der Waals surface area contributed by atoms with Crippen LogP contribution in [0, 0.1) is 6.92 Å². The highest BCUT2D eigenvalue weighted by atomic mass is 35.5. The molecule has 0 aliphatic carbocycles. The smallest absolute Gasteiger partial charge is 0.441 e. The van der Waals surface area contributed by atoms with E-state index in [1.165, 1.54) is 6.92 Å². The Balaban J connectivity index is 1.81. The number of rotatable bonds is 9. The molecule has 0 spiro atoms. The summed E-state index contributed by atoms with van der Waals surface area (Å²) in [6.45, 7) is 4.26. The van der Waals surface area contributed by atoms with Crippen LogP contribution in [-0.4, -0.2) is 98.0 Å². The summed E-state index contributed by atoms with van der Waals surface area (Å²) in [7, 11) is 0. The lowest BCUT2D eigenvalue weighted by atomic mass is 9.84. The van der Waals surface area contributed by atoms with Crippen LogP contribution in [-0.2, 0) is 20.9 Å². The summed E-state index contributed by atoms with van der Waals surface area (Å²) < 4.78 is 36.3. The minimum absolute atomic E-state index is 0.000685. The van der Waals surface area contributed by atoms with Gasteiger partial charge in [-0.1, -0.05) is 13.3 Å². The second-order valence-electron chi connectivity index (χ2n) is 9.94. The van der Waals surface area contributed by atoms with E-state index in [9.17, 15) is 29.7 Å². The van der Waals surface area contributed by atoms with Crippen molar-refractivity contribution in [2.24, 2.45) is 0 Å². The van der Waals surface area contributed by atoms with E-state index in [-0.39, 0.29) is 37.3 Å². The van der Waals surface area contributed by atoms with E-state index in [0.29, 0.717) is 6.42 Å². The van der Waals surface area contributed by atoms with E-state index in [4.69, 9.17) is 29.9 Å². The summed E-state index contributed by atoms with van der Waals surface area (Å²) in [4.78, 5) is 39.0. The summed E-state index contributed by atoms with van der Waals surface area (Å²) >= 11 is 7.46. The summed E-state index contributed by atoms with van der Waals surface area (Å²) in [5.74, 6) is -1.58. The van der Waals surface area contributed by atoms with E-state index in [2.05, 4.69) is 5.32 Å². The molecule has 0 aromatic carbocycles. The highest BCUT2D eigenvalue weighted by Gasteiger charge is 2.50. The number of aliphatic hydroxyl groups is 3. The second-order valence-corrected chi connectivity index (χ2v) is 11.6. The zero-order chi connectivity index (χ0) is 29.1. The lowest BCUT2D eigenvalue weighted by molar-refractivity contribution is -0.205. The molecule has 0 saturated carbocycles. The number of ether oxygens (including phenoxy) is 2. The molecule has 3 rings (SSSR count). The third kappa shape index (κ3) is 7.27. The van der Waals surface area contributed by atoms with E-state index >= 15 is 4.39 Å². The number of nitrogens with zero attached hydrogens (tertiary/aromatic N) is 1. The molecule has 2 unspecified atom stereocenters. The number of amides is 2. The van der Waals surface area contributed by atoms with Gasteiger partial charge in [0, 0.05) is 13.0 Å². The zero-order valence-electron chi connectivity index (χ0n) is 22.2. The zero-order valence-corrected chi connectivity index (χ0v) is 23.7. The average molecular weight is 599 g/mol. The Bertz CT molecular complexity index is 1050. The van der Waals surface area contributed by atoms with E-state index in [0.717, 1.165) is 16.7 Å². The molecule has 2 fully saturated rings. The van der Waals surface area contributed by atoms with Crippen LogP contribution < -0.4 is 11.1 Å². The molecule has 9 atom stereocenters. The molecular weight excluding hydrogens is 563 g/mol. The Hall–Kier alpha value is -1.84. The van der Waals surface area contributed by atoms with Gasteiger partial charge < -0.3 is 38.9 Å². The minimum Gasteiger partial charge on any atom is -0.441 e. The van der Waals surface area contributed by atoms with Gasteiger partial charge in [-0.15, -0.1) is 23.4 Å². The van der Waals surface area contributed by atoms with Crippen LogP contribution >= 0.6 is 23.4 Å². The molecule has 2 saturated heterocycles. The molecule has 15 heteroatoms. The van der Waals surface area contributed by atoms with Crippen molar-refractivity contribution in [3.05, 3.63) is 22.1 Å². The van der Waals surface area contributed by atoms with Gasteiger partial charge in [0.2, 0.25) is 5.91 Å². The van der Waals surface area contributed by atoms with Gasteiger partial charge in [-0.25, -0.2) is 14.0 Å². The Kier molecular flexibility index (Phi) is 10.7. The molecule has 2 aliphatic heterocycles. The second kappa shape index (κ2) is 13.2. The van der Waals surface area contributed by atoms with Crippen molar-refractivity contribution in [2.45, 2.75) is 106 Å². The van der Waals surface area contributed by atoms with Crippen LogP contribution in [0.5, 0.6) is 0 Å². The highest BCUT2D eigenvalue weighted by molar-refractivity contribution is 7.99.